The number of thiophene rings is 1. The number of aryl methyl sites for hydroxylation is 1. The van der Waals surface area contributed by atoms with Crippen LogP contribution in [0.15, 0.2) is 28.1 Å². The maximum atomic E-state index is 13.8. The maximum absolute atomic E-state index is 13.8. The van der Waals surface area contributed by atoms with Gasteiger partial charge in [0.05, 0.1) is 16.1 Å². The van der Waals surface area contributed by atoms with Gasteiger partial charge in [0.25, 0.3) is 0 Å². The highest BCUT2D eigenvalue weighted by Crippen LogP contribution is 2.36. The molecule has 1 unspecified atom stereocenters. The molecule has 0 saturated carbocycles. The molecule has 2 nitrogen and oxygen atoms in total. The smallest absolute Gasteiger partial charge is 0.232 e. The van der Waals surface area contributed by atoms with Crippen LogP contribution in [0.4, 0.5) is 14.5 Å². The average Bonchev–Trinajstić information content (AvgIpc) is 2.92. The summed E-state index contributed by atoms with van der Waals surface area (Å²) in [5, 5.41) is 4.48. The Labute approximate surface area is 133 Å². The predicted molar refractivity (Wildman–Crippen MR) is 82.7 cm³/mol. The van der Waals surface area contributed by atoms with Gasteiger partial charge in [-0.3, -0.25) is 4.79 Å². The summed E-state index contributed by atoms with van der Waals surface area (Å²) < 4.78 is 27.3. The van der Waals surface area contributed by atoms with E-state index in [0.29, 0.717) is 0 Å². The molecule has 0 aliphatic heterocycles. The second-order valence-electron chi connectivity index (χ2n) is 4.98. The van der Waals surface area contributed by atoms with Crippen LogP contribution in [0, 0.1) is 11.6 Å². The first-order valence-electron chi connectivity index (χ1n) is 6.58. The number of carbonyl (C=O) groups excluding carboxylic acids is 1. The second-order valence-corrected chi connectivity index (χ2v) is 6.83. The summed E-state index contributed by atoms with van der Waals surface area (Å²) in [5.41, 5.74) is 0.893. The van der Waals surface area contributed by atoms with Crippen LogP contribution in [0.3, 0.4) is 0 Å². The van der Waals surface area contributed by atoms with E-state index in [4.69, 9.17) is 0 Å². The van der Waals surface area contributed by atoms with Gasteiger partial charge in [-0.2, -0.15) is 0 Å². The van der Waals surface area contributed by atoms with Gasteiger partial charge >= 0.3 is 0 Å². The highest BCUT2D eigenvalue weighted by molar-refractivity contribution is 9.10. The molecule has 0 spiro atoms. The second kappa shape index (κ2) is 5.85. The number of halogens is 3. The van der Waals surface area contributed by atoms with E-state index in [-0.39, 0.29) is 22.0 Å². The lowest BCUT2D eigenvalue weighted by Gasteiger charge is -2.22. The number of hydrogen-bond acceptors (Lipinski definition) is 2. The molecule has 21 heavy (non-hydrogen) atoms. The minimum Gasteiger partial charge on any atom is -0.323 e. The number of fused-ring (bicyclic) bond motifs is 1. The van der Waals surface area contributed by atoms with E-state index in [9.17, 15) is 13.6 Å². The van der Waals surface area contributed by atoms with Crippen LogP contribution in [0.2, 0.25) is 0 Å². The SMILES string of the molecule is O=C(Nc1cc(F)c(Br)cc1F)C1CCCc2sccc21. The maximum Gasteiger partial charge on any atom is 0.232 e. The third-order valence-electron chi connectivity index (χ3n) is 3.64. The zero-order valence-electron chi connectivity index (χ0n) is 11.0. The van der Waals surface area contributed by atoms with Crippen molar-refractivity contribution in [3.63, 3.8) is 0 Å². The van der Waals surface area contributed by atoms with Crippen LogP contribution >= 0.6 is 27.3 Å². The van der Waals surface area contributed by atoms with Crippen LogP contribution in [0.5, 0.6) is 0 Å². The Balaban J connectivity index is 1.84. The number of hydrogen-bond donors (Lipinski definition) is 1. The highest BCUT2D eigenvalue weighted by Gasteiger charge is 2.28. The van der Waals surface area contributed by atoms with Crippen molar-refractivity contribution in [1.29, 1.82) is 0 Å². The van der Waals surface area contributed by atoms with Crippen LogP contribution in [-0.4, -0.2) is 5.91 Å². The average molecular weight is 372 g/mol. The summed E-state index contributed by atoms with van der Waals surface area (Å²) in [4.78, 5) is 13.6. The molecule has 0 saturated heterocycles. The third kappa shape index (κ3) is 2.87. The Bertz CT molecular complexity index is 701. The van der Waals surface area contributed by atoms with Gasteiger partial charge in [0, 0.05) is 10.9 Å². The zero-order valence-corrected chi connectivity index (χ0v) is 13.4. The molecule has 1 aromatic carbocycles. The molecule has 6 heteroatoms. The molecule has 1 aliphatic rings. The van der Waals surface area contributed by atoms with Crippen molar-refractivity contribution < 1.29 is 13.6 Å². The fourth-order valence-electron chi connectivity index (χ4n) is 2.60. The number of benzene rings is 1. The Kier molecular flexibility index (Phi) is 4.08. The first kappa shape index (κ1) is 14.7. The first-order chi connectivity index (χ1) is 10.1. The van der Waals surface area contributed by atoms with Gasteiger partial charge in [-0.1, -0.05) is 0 Å². The fraction of sp³-hybridized carbons (Fsp3) is 0.267. The summed E-state index contributed by atoms with van der Waals surface area (Å²) in [6.07, 6.45) is 2.65. The summed E-state index contributed by atoms with van der Waals surface area (Å²) in [7, 11) is 0. The summed E-state index contributed by atoms with van der Waals surface area (Å²) in [6.45, 7) is 0. The molecule has 2 aromatic rings. The van der Waals surface area contributed by atoms with E-state index >= 15 is 0 Å². The molecule has 0 fully saturated rings. The molecule has 3 rings (SSSR count). The van der Waals surface area contributed by atoms with Crippen molar-refractivity contribution in [2.24, 2.45) is 0 Å². The van der Waals surface area contributed by atoms with Gasteiger partial charge < -0.3 is 5.32 Å². The van der Waals surface area contributed by atoms with Crippen molar-refractivity contribution >= 4 is 38.9 Å². The quantitative estimate of drug-likeness (QED) is 0.751. The number of anilines is 1. The summed E-state index contributed by atoms with van der Waals surface area (Å²) in [5.74, 6) is -1.83. The monoisotopic (exact) mass is 371 g/mol. The Morgan fingerprint density at radius 2 is 2.14 bits per heavy atom. The van der Waals surface area contributed by atoms with Crippen molar-refractivity contribution in [1.82, 2.24) is 0 Å². The lowest BCUT2D eigenvalue weighted by atomic mass is 9.87. The Morgan fingerprint density at radius 3 is 2.95 bits per heavy atom. The van der Waals surface area contributed by atoms with E-state index in [1.54, 1.807) is 11.3 Å². The lowest BCUT2D eigenvalue weighted by Crippen LogP contribution is -2.24. The Morgan fingerprint density at radius 1 is 1.33 bits per heavy atom. The molecule has 110 valence electrons. The van der Waals surface area contributed by atoms with E-state index in [0.717, 1.165) is 37.0 Å². The third-order valence-corrected chi connectivity index (χ3v) is 5.24. The minimum absolute atomic E-state index is 0.0378. The molecule has 1 heterocycles. The van der Waals surface area contributed by atoms with Crippen LogP contribution in [-0.2, 0) is 11.2 Å². The molecule has 1 atom stereocenters. The fourth-order valence-corrected chi connectivity index (χ4v) is 3.90. The van der Waals surface area contributed by atoms with Gasteiger partial charge in [-0.05, 0) is 58.3 Å². The number of rotatable bonds is 2. The lowest BCUT2D eigenvalue weighted by molar-refractivity contribution is -0.117. The summed E-state index contributed by atoms with van der Waals surface area (Å²) >= 11 is 4.55. The molecule has 0 bridgehead atoms. The predicted octanol–water partition coefficient (Wildman–Crippen LogP) is 4.85. The minimum atomic E-state index is -0.655. The summed E-state index contributed by atoms with van der Waals surface area (Å²) in [6, 6.07) is 3.96. The molecule has 1 aliphatic carbocycles. The van der Waals surface area contributed by atoms with Gasteiger partial charge in [-0.15, -0.1) is 11.3 Å². The van der Waals surface area contributed by atoms with E-state index in [1.165, 1.54) is 4.88 Å². The standard InChI is InChI=1S/C15H12BrF2NOS/c16-10-6-12(18)13(7-11(10)17)19-15(20)9-2-1-3-14-8(9)4-5-21-14/h4-7,9H,1-3H2,(H,19,20). The van der Waals surface area contributed by atoms with Crippen LogP contribution in [0.1, 0.15) is 29.2 Å². The molecule has 0 radical (unpaired) electrons. The van der Waals surface area contributed by atoms with Crippen LogP contribution < -0.4 is 5.32 Å². The van der Waals surface area contributed by atoms with Crippen molar-refractivity contribution in [3.05, 3.63) is 50.1 Å². The van der Waals surface area contributed by atoms with Gasteiger partial charge in [0.1, 0.15) is 11.6 Å². The number of amides is 1. The molecular weight excluding hydrogens is 360 g/mol. The van der Waals surface area contributed by atoms with Crippen molar-refractivity contribution in [2.75, 3.05) is 5.32 Å². The largest absolute Gasteiger partial charge is 0.323 e. The van der Waals surface area contributed by atoms with E-state index < -0.39 is 11.6 Å². The van der Waals surface area contributed by atoms with Gasteiger partial charge in [-0.25, -0.2) is 8.78 Å². The zero-order chi connectivity index (χ0) is 15.0. The van der Waals surface area contributed by atoms with E-state index in [1.807, 2.05) is 11.4 Å². The molecule has 1 aromatic heterocycles. The normalized spacial score (nSPS) is 17.4. The first-order valence-corrected chi connectivity index (χ1v) is 8.25. The van der Waals surface area contributed by atoms with Gasteiger partial charge in [0.2, 0.25) is 5.91 Å². The number of nitrogens with one attached hydrogen (secondary N) is 1. The highest BCUT2D eigenvalue weighted by atomic mass is 79.9. The molecular formula is C15H12BrF2NOS. The topological polar surface area (TPSA) is 29.1 Å². The molecule has 1 amide bonds. The van der Waals surface area contributed by atoms with Crippen LogP contribution in [0.25, 0.3) is 0 Å². The van der Waals surface area contributed by atoms with Gasteiger partial charge in [0.15, 0.2) is 0 Å². The Hall–Kier alpha value is -1.27. The van der Waals surface area contributed by atoms with Crippen molar-refractivity contribution in [3.8, 4) is 0 Å². The van der Waals surface area contributed by atoms with Crippen molar-refractivity contribution in [2.45, 2.75) is 25.2 Å². The molecule has 1 N–H and O–H groups in total. The number of carbonyl (C=O) groups is 1. The van der Waals surface area contributed by atoms with E-state index in [2.05, 4.69) is 21.2 Å².